The average molecular weight is 501 g/mol. The molecule has 6 aromatic carbocycles. The highest BCUT2D eigenvalue weighted by atomic mass is 14.3. The lowest BCUT2D eigenvalue weighted by molar-refractivity contribution is 1.16. The Morgan fingerprint density at radius 1 is 0.385 bits per heavy atom. The Morgan fingerprint density at radius 3 is 1.31 bits per heavy atom. The molecule has 6 rings (SSSR count). The standard InChI is InChI=1S/C39H32/c1-28-17-15-16-26-34(28)36-29(2)35(27-30-18-7-3-8-19-30)37(31-20-9-4-10-21-31)39(33-24-13-6-14-25-33)38(36)32-22-11-5-12-23-32/h3-26H,27H2,1-2H3. The summed E-state index contributed by atoms with van der Waals surface area (Å²) in [5.74, 6) is 0. The van der Waals surface area contributed by atoms with Gasteiger partial charge in [0, 0.05) is 0 Å². The summed E-state index contributed by atoms with van der Waals surface area (Å²) in [6.07, 6.45) is 0.866. The highest BCUT2D eigenvalue weighted by molar-refractivity contribution is 6.04. The van der Waals surface area contributed by atoms with E-state index in [1.165, 1.54) is 66.8 Å². The first-order valence-corrected chi connectivity index (χ1v) is 13.7. The minimum Gasteiger partial charge on any atom is -0.0622 e. The lowest BCUT2D eigenvalue weighted by Gasteiger charge is -2.27. The highest BCUT2D eigenvalue weighted by Gasteiger charge is 2.26. The van der Waals surface area contributed by atoms with Crippen LogP contribution >= 0.6 is 0 Å². The molecule has 0 aliphatic rings. The lowest BCUT2D eigenvalue weighted by atomic mass is 9.76. The van der Waals surface area contributed by atoms with Crippen LogP contribution in [0.1, 0.15) is 22.3 Å². The SMILES string of the molecule is Cc1ccccc1-c1c(C)c(Cc2ccccc2)c(-c2ccccc2)c(-c2ccccc2)c1-c1ccccc1. The van der Waals surface area contributed by atoms with Crippen LogP contribution in [-0.2, 0) is 6.42 Å². The maximum atomic E-state index is 2.33. The van der Waals surface area contributed by atoms with Crippen molar-refractivity contribution in [3.63, 3.8) is 0 Å². The summed E-state index contributed by atoms with van der Waals surface area (Å²) in [4.78, 5) is 0. The topological polar surface area (TPSA) is 0 Å². The lowest BCUT2D eigenvalue weighted by Crippen LogP contribution is -2.05. The average Bonchev–Trinajstić information content (AvgIpc) is 3.00. The third-order valence-electron chi connectivity index (χ3n) is 7.70. The molecular formula is C39H32. The van der Waals surface area contributed by atoms with Crippen molar-refractivity contribution in [2.75, 3.05) is 0 Å². The van der Waals surface area contributed by atoms with E-state index in [9.17, 15) is 0 Å². The minimum atomic E-state index is 0.866. The Labute approximate surface area is 232 Å². The van der Waals surface area contributed by atoms with Crippen molar-refractivity contribution >= 4 is 0 Å². The van der Waals surface area contributed by atoms with Gasteiger partial charge in [-0.2, -0.15) is 0 Å². The molecule has 0 saturated heterocycles. The molecule has 0 bridgehead atoms. The summed E-state index contributed by atoms with van der Waals surface area (Å²) in [5.41, 5.74) is 15.6. The molecule has 0 atom stereocenters. The van der Waals surface area contributed by atoms with Crippen molar-refractivity contribution in [3.05, 3.63) is 168 Å². The van der Waals surface area contributed by atoms with E-state index in [1.807, 2.05) is 0 Å². The predicted molar refractivity (Wildman–Crippen MR) is 167 cm³/mol. The summed E-state index contributed by atoms with van der Waals surface area (Å²) in [7, 11) is 0. The van der Waals surface area contributed by atoms with Crippen LogP contribution < -0.4 is 0 Å². The number of hydrogen-bond acceptors (Lipinski definition) is 0. The third-order valence-corrected chi connectivity index (χ3v) is 7.70. The van der Waals surface area contributed by atoms with Crippen molar-refractivity contribution in [3.8, 4) is 44.5 Å². The molecule has 6 aromatic rings. The molecular weight excluding hydrogens is 468 g/mol. The molecule has 0 heterocycles. The van der Waals surface area contributed by atoms with Crippen molar-refractivity contribution in [2.24, 2.45) is 0 Å². The maximum Gasteiger partial charge on any atom is -0.00165 e. The molecule has 0 nitrogen and oxygen atoms in total. The molecule has 0 unspecified atom stereocenters. The van der Waals surface area contributed by atoms with Gasteiger partial charge < -0.3 is 0 Å². The fourth-order valence-corrected chi connectivity index (χ4v) is 5.85. The molecule has 188 valence electrons. The van der Waals surface area contributed by atoms with Crippen LogP contribution in [0.15, 0.2) is 146 Å². The van der Waals surface area contributed by atoms with Crippen molar-refractivity contribution in [1.82, 2.24) is 0 Å². The molecule has 0 aliphatic heterocycles. The zero-order valence-corrected chi connectivity index (χ0v) is 22.6. The van der Waals surface area contributed by atoms with E-state index in [0.717, 1.165) is 6.42 Å². The Balaban J connectivity index is 1.84. The van der Waals surface area contributed by atoms with Crippen LogP contribution in [0.5, 0.6) is 0 Å². The molecule has 0 heteroatoms. The zero-order valence-electron chi connectivity index (χ0n) is 22.6. The Hall–Kier alpha value is -4.68. The Kier molecular flexibility index (Phi) is 6.93. The molecule has 0 saturated carbocycles. The van der Waals surface area contributed by atoms with E-state index in [4.69, 9.17) is 0 Å². The summed E-state index contributed by atoms with van der Waals surface area (Å²) in [6, 6.07) is 52.5. The number of hydrogen-bond donors (Lipinski definition) is 0. The van der Waals surface area contributed by atoms with Gasteiger partial charge in [0.25, 0.3) is 0 Å². The third kappa shape index (κ3) is 4.82. The van der Waals surface area contributed by atoms with Gasteiger partial charge in [-0.25, -0.2) is 0 Å². The normalized spacial score (nSPS) is 10.9. The Morgan fingerprint density at radius 2 is 0.795 bits per heavy atom. The molecule has 0 aromatic heterocycles. The molecule has 39 heavy (non-hydrogen) atoms. The van der Waals surface area contributed by atoms with Crippen LogP contribution in [0.3, 0.4) is 0 Å². The van der Waals surface area contributed by atoms with Gasteiger partial charge in [-0.1, -0.05) is 146 Å². The fourth-order valence-electron chi connectivity index (χ4n) is 5.85. The number of rotatable bonds is 6. The van der Waals surface area contributed by atoms with E-state index >= 15 is 0 Å². The van der Waals surface area contributed by atoms with Gasteiger partial charge >= 0.3 is 0 Å². The number of aryl methyl sites for hydroxylation is 1. The van der Waals surface area contributed by atoms with Gasteiger partial charge in [0.15, 0.2) is 0 Å². The Bertz CT molecular complexity index is 1700. The molecule has 0 fully saturated rings. The van der Waals surface area contributed by atoms with Crippen LogP contribution in [0, 0.1) is 13.8 Å². The van der Waals surface area contributed by atoms with Crippen LogP contribution in [0.25, 0.3) is 44.5 Å². The molecule has 0 amide bonds. The second kappa shape index (κ2) is 11.0. The van der Waals surface area contributed by atoms with Gasteiger partial charge in [-0.3, -0.25) is 0 Å². The molecule has 0 aliphatic carbocycles. The highest BCUT2D eigenvalue weighted by Crippen LogP contribution is 2.50. The first-order valence-electron chi connectivity index (χ1n) is 13.7. The van der Waals surface area contributed by atoms with E-state index < -0.39 is 0 Å². The zero-order chi connectivity index (χ0) is 26.6. The smallest absolute Gasteiger partial charge is 0.00165 e. The van der Waals surface area contributed by atoms with Crippen molar-refractivity contribution in [2.45, 2.75) is 20.3 Å². The van der Waals surface area contributed by atoms with Gasteiger partial charge in [-0.15, -0.1) is 0 Å². The van der Waals surface area contributed by atoms with Crippen LogP contribution in [-0.4, -0.2) is 0 Å². The summed E-state index contributed by atoms with van der Waals surface area (Å²) in [5, 5.41) is 0. The first kappa shape index (κ1) is 24.6. The fraction of sp³-hybridized carbons (Fsp3) is 0.0769. The summed E-state index contributed by atoms with van der Waals surface area (Å²) in [6.45, 7) is 4.56. The summed E-state index contributed by atoms with van der Waals surface area (Å²) < 4.78 is 0. The quantitative estimate of drug-likeness (QED) is 0.213. The van der Waals surface area contributed by atoms with Gasteiger partial charge in [0.1, 0.15) is 0 Å². The van der Waals surface area contributed by atoms with E-state index in [2.05, 4.69) is 159 Å². The van der Waals surface area contributed by atoms with Gasteiger partial charge in [0.2, 0.25) is 0 Å². The van der Waals surface area contributed by atoms with Crippen LogP contribution in [0.4, 0.5) is 0 Å². The minimum absolute atomic E-state index is 0.866. The van der Waals surface area contributed by atoms with E-state index in [1.54, 1.807) is 0 Å². The second-order valence-corrected chi connectivity index (χ2v) is 10.2. The second-order valence-electron chi connectivity index (χ2n) is 10.2. The van der Waals surface area contributed by atoms with Crippen molar-refractivity contribution in [1.29, 1.82) is 0 Å². The predicted octanol–water partition coefficient (Wildman–Crippen LogP) is 10.6. The van der Waals surface area contributed by atoms with Crippen molar-refractivity contribution < 1.29 is 0 Å². The van der Waals surface area contributed by atoms with Gasteiger partial charge in [-0.05, 0) is 87.0 Å². The maximum absolute atomic E-state index is 2.33. The summed E-state index contributed by atoms with van der Waals surface area (Å²) >= 11 is 0. The first-order chi connectivity index (χ1) is 19.2. The molecule has 0 spiro atoms. The largest absolute Gasteiger partial charge is 0.0622 e. The van der Waals surface area contributed by atoms with Gasteiger partial charge in [0.05, 0.1) is 0 Å². The van der Waals surface area contributed by atoms with Crippen LogP contribution in [0.2, 0.25) is 0 Å². The van der Waals surface area contributed by atoms with E-state index in [0.29, 0.717) is 0 Å². The van der Waals surface area contributed by atoms with E-state index in [-0.39, 0.29) is 0 Å². The molecule has 0 N–H and O–H groups in total. The monoisotopic (exact) mass is 500 g/mol. The number of benzene rings is 6. The molecule has 0 radical (unpaired) electrons.